The highest BCUT2D eigenvalue weighted by molar-refractivity contribution is 5.80. The van der Waals surface area contributed by atoms with Crippen LogP contribution in [0.2, 0.25) is 0 Å². The zero-order chi connectivity index (χ0) is 15.4. The first-order valence-electron chi connectivity index (χ1n) is 5.79. The number of nitrogens with one attached hydrogen (secondary N) is 1. The van der Waals surface area contributed by atoms with Gasteiger partial charge in [-0.2, -0.15) is 5.10 Å². The number of benzene rings is 2. The number of rotatable bonds is 4. The van der Waals surface area contributed by atoms with E-state index in [-0.39, 0.29) is 6.07 Å². The third-order valence-electron chi connectivity index (χ3n) is 2.60. The zero-order valence-corrected chi connectivity index (χ0v) is 10.8. The van der Waals surface area contributed by atoms with Crippen LogP contribution in [0, 0.1) is 23.3 Å². The van der Waals surface area contributed by atoms with Crippen LogP contribution in [0.1, 0.15) is 5.56 Å². The zero-order valence-electron chi connectivity index (χ0n) is 10.8. The summed E-state index contributed by atoms with van der Waals surface area (Å²) in [6.07, 6.45) is 1.23. The van der Waals surface area contributed by atoms with Crippen molar-refractivity contribution >= 4 is 11.9 Å². The van der Waals surface area contributed by atoms with Crippen molar-refractivity contribution in [2.75, 3.05) is 12.5 Å². The summed E-state index contributed by atoms with van der Waals surface area (Å²) < 4.78 is 57.6. The van der Waals surface area contributed by atoms with E-state index in [1.807, 2.05) is 5.43 Å². The second kappa shape index (κ2) is 6.25. The fraction of sp³-hybridized carbons (Fsp3) is 0.0714. The summed E-state index contributed by atoms with van der Waals surface area (Å²) in [7, 11) is 1.48. The molecule has 0 amide bonds. The van der Waals surface area contributed by atoms with Crippen LogP contribution in [0.15, 0.2) is 35.4 Å². The molecule has 0 unspecified atom stereocenters. The van der Waals surface area contributed by atoms with E-state index in [4.69, 9.17) is 4.74 Å². The minimum absolute atomic E-state index is 0.127. The number of nitrogens with zero attached hydrogens (tertiary/aromatic N) is 1. The molecule has 21 heavy (non-hydrogen) atoms. The topological polar surface area (TPSA) is 33.6 Å². The maximum atomic E-state index is 13.3. The molecule has 0 aliphatic carbocycles. The Balaban J connectivity index is 2.21. The Morgan fingerprint density at radius 2 is 1.71 bits per heavy atom. The number of methoxy groups -OCH3 is 1. The molecule has 110 valence electrons. The molecule has 0 spiro atoms. The van der Waals surface area contributed by atoms with Gasteiger partial charge >= 0.3 is 0 Å². The van der Waals surface area contributed by atoms with Crippen LogP contribution in [0.3, 0.4) is 0 Å². The third kappa shape index (κ3) is 3.31. The summed E-state index contributed by atoms with van der Waals surface area (Å²) in [6.45, 7) is 0. The van der Waals surface area contributed by atoms with Gasteiger partial charge in [0.15, 0.2) is 23.3 Å². The summed E-state index contributed by atoms with van der Waals surface area (Å²) in [4.78, 5) is 0. The first kappa shape index (κ1) is 14.8. The third-order valence-corrected chi connectivity index (χ3v) is 2.60. The van der Waals surface area contributed by atoms with Crippen LogP contribution in [0.5, 0.6) is 5.75 Å². The van der Waals surface area contributed by atoms with E-state index in [0.29, 0.717) is 11.3 Å². The molecule has 0 saturated carbocycles. The molecule has 0 saturated heterocycles. The Morgan fingerprint density at radius 3 is 2.33 bits per heavy atom. The lowest BCUT2D eigenvalue weighted by atomic mass is 10.2. The molecule has 3 nitrogen and oxygen atoms in total. The monoisotopic (exact) mass is 298 g/mol. The molecular weight excluding hydrogens is 288 g/mol. The second-order valence-corrected chi connectivity index (χ2v) is 3.99. The van der Waals surface area contributed by atoms with E-state index in [9.17, 15) is 17.6 Å². The van der Waals surface area contributed by atoms with Gasteiger partial charge in [0.2, 0.25) is 0 Å². The van der Waals surface area contributed by atoms with Crippen molar-refractivity contribution in [2.24, 2.45) is 5.10 Å². The normalized spacial score (nSPS) is 10.9. The minimum Gasteiger partial charge on any atom is -0.497 e. The number of hydrazone groups is 1. The SMILES string of the molecule is COc1cccc(/C=N/Nc2c(F)c(F)cc(F)c2F)c1. The van der Waals surface area contributed by atoms with Gasteiger partial charge in [0.1, 0.15) is 11.4 Å². The second-order valence-electron chi connectivity index (χ2n) is 3.99. The summed E-state index contributed by atoms with van der Waals surface area (Å²) in [5.41, 5.74) is 1.52. The van der Waals surface area contributed by atoms with Crippen LogP contribution < -0.4 is 10.2 Å². The van der Waals surface area contributed by atoms with Crippen molar-refractivity contribution in [2.45, 2.75) is 0 Å². The highest BCUT2D eigenvalue weighted by atomic mass is 19.2. The fourth-order valence-electron chi connectivity index (χ4n) is 1.56. The van der Waals surface area contributed by atoms with E-state index in [1.54, 1.807) is 24.3 Å². The van der Waals surface area contributed by atoms with Gasteiger partial charge in [0.05, 0.1) is 13.3 Å². The Morgan fingerprint density at radius 1 is 1.05 bits per heavy atom. The lowest BCUT2D eigenvalue weighted by molar-refractivity contribution is 0.415. The summed E-state index contributed by atoms with van der Waals surface area (Å²) in [6, 6.07) is 6.79. The molecule has 0 bridgehead atoms. The number of hydrogen-bond donors (Lipinski definition) is 1. The van der Waals surface area contributed by atoms with E-state index in [2.05, 4.69) is 5.10 Å². The number of ether oxygens (including phenoxy) is 1. The van der Waals surface area contributed by atoms with Crippen molar-refractivity contribution in [1.82, 2.24) is 0 Å². The van der Waals surface area contributed by atoms with Crippen LogP contribution in [-0.2, 0) is 0 Å². The molecule has 0 fully saturated rings. The molecule has 7 heteroatoms. The van der Waals surface area contributed by atoms with Gasteiger partial charge in [-0.3, -0.25) is 5.43 Å². The Hall–Kier alpha value is -2.57. The largest absolute Gasteiger partial charge is 0.497 e. The summed E-state index contributed by atoms with van der Waals surface area (Å²) >= 11 is 0. The van der Waals surface area contributed by atoms with Crippen molar-refractivity contribution in [3.05, 3.63) is 59.2 Å². The highest BCUT2D eigenvalue weighted by Gasteiger charge is 2.18. The molecule has 1 N–H and O–H groups in total. The van der Waals surface area contributed by atoms with Crippen molar-refractivity contribution in [1.29, 1.82) is 0 Å². The van der Waals surface area contributed by atoms with Crippen molar-refractivity contribution < 1.29 is 22.3 Å². The summed E-state index contributed by atoms with van der Waals surface area (Å²) in [5, 5.41) is 3.55. The van der Waals surface area contributed by atoms with Crippen LogP contribution >= 0.6 is 0 Å². The van der Waals surface area contributed by atoms with Gasteiger partial charge < -0.3 is 4.74 Å². The molecule has 0 radical (unpaired) electrons. The van der Waals surface area contributed by atoms with Gasteiger partial charge in [0.25, 0.3) is 0 Å². The quantitative estimate of drug-likeness (QED) is 0.404. The summed E-state index contributed by atoms with van der Waals surface area (Å²) in [5.74, 6) is -5.54. The lowest BCUT2D eigenvalue weighted by Crippen LogP contribution is -2.02. The first-order chi connectivity index (χ1) is 10.0. The van der Waals surface area contributed by atoms with Crippen molar-refractivity contribution in [3.63, 3.8) is 0 Å². The van der Waals surface area contributed by atoms with Gasteiger partial charge in [0, 0.05) is 6.07 Å². The Labute approximate surface area is 117 Å². The molecule has 0 aliphatic rings. The molecule has 0 atom stereocenters. The highest BCUT2D eigenvalue weighted by Crippen LogP contribution is 2.24. The molecule has 0 aromatic heterocycles. The van der Waals surface area contributed by atoms with E-state index >= 15 is 0 Å². The molecule has 2 aromatic rings. The molecule has 0 heterocycles. The molecular formula is C14H10F4N2O. The average molecular weight is 298 g/mol. The number of anilines is 1. The van der Waals surface area contributed by atoms with E-state index in [0.717, 1.165) is 0 Å². The average Bonchev–Trinajstić information content (AvgIpc) is 2.49. The van der Waals surface area contributed by atoms with Gasteiger partial charge in [-0.05, 0) is 17.7 Å². The van der Waals surface area contributed by atoms with Crippen LogP contribution in [-0.4, -0.2) is 13.3 Å². The van der Waals surface area contributed by atoms with E-state index in [1.165, 1.54) is 13.3 Å². The Kier molecular flexibility index (Phi) is 4.42. The fourth-order valence-corrected chi connectivity index (χ4v) is 1.56. The predicted octanol–water partition coefficient (Wildman–Crippen LogP) is 3.70. The maximum absolute atomic E-state index is 13.3. The smallest absolute Gasteiger partial charge is 0.186 e. The molecule has 2 aromatic carbocycles. The van der Waals surface area contributed by atoms with Gasteiger partial charge in [-0.1, -0.05) is 12.1 Å². The van der Waals surface area contributed by atoms with Gasteiger partial charge in [-0.15, -0.1) is 0 Å². The predicted molar refractivity (Wildman–Crippen MR) is 70.5 cm³/mol. The number of hydrogen-bond acceptors (Lipinski definition) is 3. The Bertz CT molecular complexity index is 663. The minimum atomic E-state index is -1.54. The van der Waals surface area contributed by atoms with Crippen LogP contribution in [0.25, 0.3) is 0 Å². The molecule has 0 aliphatic heterocycles. The van der Waals surface area contributed by atoms with Crippen molar-refractivity contribution in [3.8, 4) is 5.75 Å². The van der Waals surface area contributed by atoms with E-state index < -0.39 is 29.0 Å². The standard InChI is InChI=1S/C14H10F4N2O/c1-21-9-4-2-3-8(5-9)7-19-20-14-12(17)10(15)6-11(16)13(14)18/h2-7,20H,1H3/b19-7+. The number of halogens is 4. The van der Waals surface area contributed by atoms with Crippen LogP contribution in [0.4, 0.5) is 23.2 Å². The molecule has 2 rings (SSSR count). The lowest BCUT2D eigenvalue weighted by Gasteiger charge is -2.05. The first-order valence-corrected chi connectivity index (χ1v) is 5.79. The maximum Gasteiger partial charge on any atom is 0.186 e. The van der Waals surface area contributed by atoms with Gasteiger partial charge in [-0.25, -0.2) is 17.6 Å².